The molecule has 2 saturated heterocycles. The van der Waals surface area contributed by atoms with Gasteiger partial charge in [0.15, 0.2) is 0 Å². The molecule has 3 rings (SSSR count). The Labute approximate surface area is 136 Å². The van der Waals surface area contributed by atoms with Crippen LogP contribution in [0.1, 0.15) is 31.7 Å². The minimum atomic E-state index is -0.327. The molecular weight excluding hydrogens is 300 g/mol. The van der Waals surface area contributed by atoms with Gasteiger partial charge in [-0.25, -0.2) is 0 Å². The SMILES string of the molecule is C[C@@H]1C(=O)N2CCC[C@@H]2CN1C(=O)CCc1ccc(Cl)cc1. The number of amides is 2. The van der Waals surface area contributed by atoms with Crippen molar-refractivity contribution in [2.75, 3.05) is 13.1 Å². The normalized spacial score (nSPS) is 24.5. The molecule has 0 unspecified atom stereocenters. The van der Waals surface area contributed by atoms with Gasteiger partial charge in [-0.15, -0.1) is 0 Å². The van der Waals surface area contributed by atoms with Crippen molar-refractivity contribution in [3.05, 3.63) is 34.9 Å². The van der Waals surface area contributed by atoms with Crippen LogP contribution in [0.15, 0.2) is 24.3 Å². The Bertz CT molecular complexity index is 573. The maximum atomic E-state index is 12.5. The summed E-state index contributed by atoms with van der Waals surface area (Å²) in [5.41, 5.74) is 1.09. The highest BCUT2D eigenvalue weighted by atomic mass is 35.5. The van der Waals surface area contributed by atoms with Crippen LogP contribution in [0.25, 0.3) is 0 Å². The first kappa shape index (κ1) is 15.3. The molecule has 5 heteroatoms. The molecule has 4 nitrogen and oxygen atoms in total. The predicted molar refractivity (Wildman–Crippen MR) is 85.7 cm³/mol. The number of fused-ring (bicyclic) bond motifs is 1. The Hall–Kier alpha value is -1.55. The molecule has 0 N–H and O–H groups in total. The van der Waals surface area contributed by atoms with Crippen molar-refractivity contribution in [2.45, 2.75) is 44.7 Å². The van der Waals surface area contributed by atoms with Gasteiger partial charge in [0.25, 0.3) is 0 Å². The smallest absolute Gasteiger partial charge is 0.245 e. The lowest BCUT2D eigenvalue weighted by Gasteiger charge is -2.41. The number of halogens is 1. The third-order valence-electron chi connectivity index (χ3n) is 4.75. The maximum Gasteiger partial charge on any atom is 0.245 e. The van der Waals surface area contributed by atoms with Crippen LogP contribution in [-0.2, 0) is 16.0 Å². The van der Waals surface area contributed by atoms with E-state index >= 15 is 0 Å². The van der Waals surface area contributed by atoms with E-state index in [4.69, 9.17) is 11.6 Å². The quantitative estimate of drug-likeness (QED) is 0.858. The van der Waals surface area contributed by atoms with Gasteiger partial charge in [-0.2, -0.15) is 0 Å². The molecule has 0 saturated carbocycles. The van der Waals surface area contributed by atoms with Gasteiger partial charge in [0.2, 0.25) is 11.8 Å². The van der Waals surface area contributed by atoms with Crippen molar-refractivity contribution in [3.63, 3.8) is 0 Å². The first-order valence-electron chi connectivity index (χ1n) is 7.90. The van der Waals surface area contributed by atoms with Crippen molar-refractivity contribution in [2.24, 2.45) is 0 Å². The summed E-state index contributed by atoms with van der Waals surface area (Å²) in [5.74, 6) is 0.177. The standard InChI is InChI=1S/C17H21ClN2O2/c1-12-17(22)19-10-2-3-15(19)11-20(12)16(21)9-6-13-4-7-14(18)8-5-13/h4-5,7-8,12,15H,2-3,6,9-11H2,1H3/t12-,15-/m1/s1. The highest BCUT2D eigenvalue weighted by Gasteiger charge is 2.41. The molecule has 0 bridgehead atoms. The van der Waals surface area contributed by atoms with E-state index < -0.39 is 0 Å². The first-order valence-corrected chi connectivity index (χ1v) is 8.28. The number of hydrogen-bond donors (Lipinski definition) is 0. The molecule has 0 radical (unpaired) electrons. The summed E-state index contributed by atoms with van der Waals surface area (Å²) in [7, 11) is 0. The fourth-order valence-corrected chi connectivity index (χ4v) is 3.56. The van der Waals surface area contributed by atoms with Crippen LogP contribution in [0, 0.1) is 0 Å². The first-order chi connectivity index (χ1) is 10.6. The molecule has 2 amide bonds. The van der Waals surface area contributed by atoms with E-state index in [2.05, 4.69) is 0 Å². The summed E-state index contributed by atoms with van der Waals surface area (Å²) in [4.78, 5) is 28.6. The second-order valence-corrected chi connectivity index (χ2v) is 6.61. The maximum absolute atomic E-state index is 12.5. The fraction of sp³-hybridized carbons (Fsp3) is 0.529. The van der Waals surface area contributed by atoms with E-state index in [9.17, 15) is 9.59 Å². The van der Waals surface area contributed by atoms with Crippen LogP contribution in [0.3, 0.4) is 0 Å². The zero-order valence-corrected chi connectivity index (χ0v) is 13.6. The van der Waals surface area contributed by atoms with Crippen molar-refractivity contribution >= 4 is 23.4 Å². The van der Waals surface area contributed by atoms with E-state index in [1.54, 1.807) is 4.90 Å². The van der Waals surface area contributed by atoms with Crippen LogP contribution >= 0.6 is 11.6 Å². The topological polar surface area (TPSA) is 40.6 Å². The van der Waals surface area contributed by atoms with Gasteiger partial charge in [-0.05, 0) is 43.9 Å². The van der Waals surface area contributed by atoms with Crippen molar-refractivity contribution < 1.29 is 9.59 Å². The van der Waals surface area contributed by atoms with Gasteiger partial charge in [-0.1, -0.05) is 23.7 Å². The Morgan fingerprint density at radius 1 is 1.32 bits per heavy atom. The molecule has 118 valence electrons. The van der Waals surface area contributed by atoms with E-state index in [0.717, 1.165) is 24.9 Å². The van der Waals surface area contributed by atoms with Crippen molar-refractivity contribution in [1.29, 1.82) is 0 Å². The van der Waals surface area contributed by atoms with Gasteiger partial charge >= 0.3 is 0 Å². The van der Waals surface area contributed by atoms with E-state index in [1.165, 1.54) is 0 Å². The third kappa shape index (κ3) is 2.98. The van der Waals surface area contributed by atoms with E-state index in [0.29, 0.717) is 24.4 Å². The number of rotatable bonds is 3. The van der Waals surface area contributed by atoms with Gasteiger partial charge in [0, 0.05) is 30.6 Å². The zero-order chi connectivity index (χ0) is 15.7. The monoisotopic (exact) mass is 320 g/mol. The Morgan fingerprint density at radius 3 is 2.77 bits per heavy atom. The second-order valence-electron chi connectivity index (χ2n) is 6.18. The van der Waals surface area contributed by atoms with Crippen LogP contribution in [0.2, 0.25) is 5.02 Å². The Balaban J connectivity index is 1.61. The zero-order valence-electron chi connectivity index (χ0n) is 12.8. The minimum Gasteiger partial charge on any atom is -0.336 e. The number of hydrogen-bond acceptors (Lipinski definition) is 2. The minimum absolute atomic E-state index is 0.0716. The van der Waals surface area contributed by atoms with Gasteiger partial charge < -0.3 is 9.80 Å². The summed E-state index contributed by atoms with van der Waals surface area (Å²) < 4.78 is 0. The number of carbonyl (C=O) groups excluding carboxylic acids is 2. The van der Waals surface area contributed by atoms with Crippen LogP contribution in [-0.4, -0.2) is 46.8 Å². The van der Waals surface area contributed by atoms with Gasteiger partial charge in [-0.3, -0.25) is 9.59 Å². The largest absolute Gasteiger partial charge is 0.336 e. The summed E-state index contributed by atoms with van der Waals surface area (Å²) in [5, 5.41) is 0.701. The Morgan fingerprint density at radius 2 is 2.05 bits per heavy atom. The molecule has 2 fully saturated rings. The Kier molecular flexibility index (Phi) is 4.39. The van der Waals surface area contributed by atoms with Crippen molar-refractivity contribution in [1.82, 2.24) is 9.80 Å². The van der Waals surface area contributed by atoms with Crippen LogP contribution in [0.4, 0.5) is 0 Å². The lowest BCUT2D eigenvalue weighted by atomic mass is 10.0. The summed E-state index contributed by atoms with van der Waals surface area (Å²) in [6.45, 7) is 3.38. The fourth-order valence-electron chi connectivity index (χ4n) is 3.44. The molecule has 2 aliphatic rings. The van der Waals surface area contributed by atoms with Gasteiger partial charge in [0.1, 0.15) is 6.04 Å². The molecule has 2 heterocycles. The van der Waals surface area contributed by atoms with Crippen LogP contribution < -0.4 is 0 Å². The molecule has 22 heavy (non-hydrogen) atoms. The number of piperazine rings is 1. The number of nitrogens with zero attached hydrogens (tertiary/aromatic N) is 2. The molecule has 0 aromatic heterocycles. The summed E-state index contributed by atoms with van der Waals surface area (Å²) in [6.07, 6.45) is 3.18. The molecule has 1 aromatic carbocycles. The molecule has 0 spiro atoms. The lowest BCUT2D eigenvalue weighted by molar-refractivity contribution is -0.152. The van der Waals surface area contributed by atoms with E-state index in [1.807, 2.05) is 36.1 Å². The van der Waals surface area contributed by atoms with Gasteiger partial charge in [0.05, 0.1) is 0 Å². The highest BCUT2D eigenvalue weighted by Crippen LogP contribution is 2.26. The highest BCUT2D eigenvalue weighted by molar-refractivity contribution is 6.30. The molecular formula is C17H21ClN2O2. The van der Waals surface area contributed by atoms with Crippen LogP contribution in [0.5, 0.6) is 0 Å². The number of carbonyl (C=O) groups is 2. The summed E-state index contributed by atoms with van der Waals surface area (Å²) >= 11 is 5.87. The molecule has 2 aliphatic heterocycles. The van der Waals surface area contributed by atoms with E-state index in [-0.39, 0.29) is 23.9 Å². The lowest BCUT2D eigenvalue weighted by Crippen LogP contribution is -2.60. The molecule has 2 atom stereocenters. The summed E-state index contributed by atoms with van der Waals surface area (Å²) in [6, 6.07) is 7.46. The third-order valence-corrected chi connectivity index (χ3v) is 5.01. The van der Waals surface area contributed by atoms with Crippen molar-refractivity contribution in [3.8, 4) is 0 Å². The second kappa shape index (κ2) is 6.29. The predicted octanol–water partition coefficient (Wildman–Crippen LogP) is 2.49. The number of benzene rings is 1. The number of aryl methyl sites for hydroxylation is 1. The molecule has 1 aromatic rings. The molecule has 0 aliphatic carbocycles. The average Bonchev–Trinajstić information content (AvgIpc) is 2.98. The average molecular weight is 321 g/mol.